The molecule has 2 N–H and O–H groups in total. The summed E-state index contributed by atoms with van der Waals surface area (Å²) in [7, 11) is 0. The van der Waals surface area contributed by atoms with Crippen LogP contribution in [0.1, 0.15) is 85.5 Å². The molecule has 0 aromatic rings. The summed E-state index contributed by atoms with van der Waals surface area (Å²) in [6.45, 7) is 6.23. The van der Waals surface area contributed by atoms with Gasteiger partial charge in [0.1, 0.15) is 6.04 Å². The minimum absolute atomic E-state index is 0.00704. The fourth-order valence-corrected chi connectivity index (χ4v) is 3.86. The molecule has 0 fully saturated rings. The zero-order chi connectivity index (χ0) is 22.4. The Morgan fingerprint density at radius 1 is 0.793 bits per heavy atom. The van der Waals surface area contributed by atoms with Crippen LogP contribution in [0, 0.1) is 0 Å². The van der Waals surface area contributed by atoms with Gasteiger partial charge in [0.05, 0.1) is 12.5 Å². The number of carbonyl (C=O) groups excluding carboxylic acids is 1. The van der Waals surface area contributed by atoms with Crippen LogP contribution in [0.5, 0.6) is 0 Å². The quantitative estimate of drug-likeness (QED) is 0.215. The fraction of sp³-hybridized carbons (Fsp3) is 0.773. The lowest BCUT2D eigenvalue weighted by molar-refractivity contribution is -0.964. The van der Waals surface area contributed by atoms with Crippen molar-refractivity contribution in [1.82, 2.24) is 0 Å². The van der Waals surface area contributed by atoms with Crippen molar-refractivity contribution in [2.45, 2.75) is 104 Å². The zero-order valence-electron chi connectivity index (χ0n) is 18.4. The average Bonchev–Trinajstić information content (AvgIpc) is 2.67. The summed E-state index contributed by atoms with van der Waals surface area (Å²) in [5, 5.41) is 30.6. The van der Waals surface area contributed by atoms with E-state index in [0.29, 0.717) is 0 Å². The molecular weight excluding hydrogens is 374 g/mol. The van der Waals surface area contributed by atoms with Crippen molar-refractivity contribution in [1.29, 1.82) is 0 Å². The minimum Gasteiger partial charge on any atom is -0.544 e. The molecule has 0 bridgehead atoms. The second-order valence-electron chi connectivity index (χ2n) is 7.94. The Labute approximate surface area is 175 Å². The summed E-state index contributed by atoms with van der Waals surface area (Å²) in [6, 6.07) is -3.69. The van der Waals surface area contributed by atoms with Gasteiger partial charge >= 0.3 is 11.9 Å². The van der Waals surface area contributed by atoms with Gasteiger partial charge in [0.15, 0.2) is 12.1 Å². The topological polar surface area (TPSA) is 115 Å². The lowest BCUT2D eigenvalue weighted by Gasteiger charge is -2.48. The smallest absolute Gasteiger partial charge is 0.362 e. The van der Waals surface area contributed by atoms with Gasteiger partial charge in [-0.3, -0.25) is 4.48 Å². The second kappa shape index (κ2) is 14.1. The van der Waals surface area contributed by atoms with Crippen LogP contribution in [-0.4, -0.2) is 57.3 Å². The molecule has 0 aliphatic rings. The Balaban J connectivity index is 4.97. The van der Waals surface area contributed by atoms with Gasteiger partial charge in [-0.25, -0.2) is 9.59 Å². The van der Waals surface area contributed by atoms with Crippen LogP contribution in [0.4, 0.5) is 0 Å². The maximum Gasteiger partial charge on any atom is 0.362 e. The highest BCUT2D eigenvalue weighted by atomic mass is 16.4. The molecule has 0 radical (unpaired) electrons. The molecule has 0 spiro atoms. The number of hydrogen-bond donors (Lipinski definition) is 2. The largest absolute Gasteiger partial charge is 0.544 e. The third kappa shape index (κ3) is 8.56. The number of quaternary nitrogens is 1. The highest BCUT2D eigenvalue weighted by molar-refractivity contribution is 5.77. The van der Waals surface area contributed by atoms with Crippen LogP contribution < -0.4 is 5.11 Å². The molecular formula is C22H39NO6. The van der Waals surface area contributed by atoms with E-state index in [4.69, 9.17) is 0 Å². The number of rotatable bonds is 17. The summed E-state index contributed by atoms with van der Waals surface area (Å²) < 4.78 is -0.624. The van der Waals surface area contributed by atoms with Gasteiger partial charge in [-0.05, 0) is 39.7 Å². The lowest BCUT2D eigenvalue weighted by Crippen LogP contribution is -2.71. The predicted octanol–water partition coefficient (Wildman–Crippen LogP) is 2.97. The van der Waals surface area contributed by atoms with E-state index in [1.54, 1.807) is 6.08 Å². The molecule has 29 heavy (non-hydrogen) atoms. The Morgan fingerprint density at radius 2 is 1.24 bits per heavy atom. The monoisotopic (exact) mass is 413 g/mol. The molecule has 0 saturated heterocycles. The van der Waals surface area contributed by atoms with Crippen LogP contribution in [0.2, 0.25) is 0 Å². The first kappa shape index (κ1) is 27.1. The maximum absolute atomic E-state index is 11.7. The minimum atomic E-state index is -1.46. The first-order chi connectivity index (χ1) is 13.6. The summed E-state index contributed by atoms with van der Waals surface area (Å²) >= 11 is 0. The van der Waals surface area contributed by atoms with Gasteiger partial charge < -0.3 is 20.1 Å². The number of aliphatic carboxylic acids is 3. The second-order valence-corrected chi connectivity index (χ2v) is 7.94. The van der Waals surface area contributed by atoms with Gasteiger partial charge in [0, 0.05) is 0 Å². The molecule has 0 aromatic heterocycles. The normalized spacial score (nSPS) is 16.8. The number of carboxylic acid groups (broad SMARTS) is 3. The van der Waals surface area contributed by atoms with Crippen LogP contribution >= 0.6 is 0 Å². The predicted molar refractivity (Wildman–Crippen MR) is 110 cm³/mol. The van der Waals surface area contributed by atoms with Crippen molar-refractivity contribution in [3.05, 3.63) is 12.2 Å². The lowest BCUT2D eigenvalue weighted by atomic mass is 10.0. The first-order valence-electron chi connectivity index (χ1n) is 10.8. The summed E-state index contributed by atoms with van der Waals surface area (Å²) in [4.78, 5) is 34.9. The molecule has 0 saturated carbocycles. The van der Waals surface area contributed by atoms with Gasteiger partial charge in [-0.2, -0.15) is 0 Å². The van der Waals surface area contributed by atoms with E-state index in [1.807, 2.05) is 6.08 Å². The molecule has 0 aliphatic heterocycles. The Bertz CT molecular complexity index is 495. The van der Waals surface area contributed by atoms with Crippen LogP contribution in [-0.2, 0) is 14.4 Å². The van der Waals surface area contributed by atoms with Crippen LogP contribution in [0.3, 0.4) is 0 Å². The number of hydrogen-bond acceptors (Lipinski definition) is 4. The van der Waals surface area contributed by atoms with E-state index < -0.39 is 40.5 Å². The van der Waals surface area contributed by atoms with E-state index in [0.717, 1.165) is 19.3 Å². The van der Waals surface area contributed by atoms with Crippen LogP contribution in [0.25, 0.3) is 0 Å². The van der Waals surface area contributed by atoms with E-state index in [9.17, 15) is 29.7 Å². The summed E-state index contributed by atoms with van der Waals surface area (Å²) in [5.74, 6) is -3.92. The fourth-order valence-electron chi connectivity index (χ4n) is 3.86. The van der Waals surface area contributed by atoms with Crippen molar-refractivity contribution in [3.63, 3.8) is 0 Å². The van der Waals surface area contributed by atoms with Crippen LogP contribution in [0.15, 0.2) is 12.2 Å². The highest BCUT2D eigenvalue weighted by Gasteiger charge is 2.50. The van der Waals surface area contributed by atoms with Gasteiger partial charge in [0.25, 0.3) is 0 Å². The number of carbonyl (C=O) groups is 3. The number of unbranched alkanes of at least 4 members (excludes halogenated alkanes) is 8. The number of nitrogens with zero attached hydrogens (tertiary/aromatic N) is 1. The van der Waals surface area contributed by atoms with Crippen molar-refractivity contribution < 1.29 is 34.2 Å². The SMILES string of the molecule is CCCCCCCCCC/C=C/C[N+](C(C)C(=O)[O-])(C(C)C(=O)O)C(C)C(=O)O. The summed E-state index contributed by atoms with van der Waals surface area (Å²) in [6.07, 6.45) is 14.0. The molecule has 7 nitrogen and oxygen atoms in total. The molecule has 0 heterocycles. The van der Waals surface area contributed by atoms with Gasteiger partial charge in [-0.15, -0.1) is 0 Å². The van der Waals surface area contributed by atoms with E-state index in [-0.39, 0.29) is 6.54 Å². The molecule has 0 aliphatic carbocycles. The standard InChI is InChI=1S/C22H39NO6/c1-5-6-7-8-9-10-11-12-13-14-15-16-23(17(2)20(24)25,18(3)21(26)27)19(4)22(28)29/h14-15,17-19H,5-13,16H2,1-4H3,(H2-,24,25,26,27,28,29)/b15-14+. The maximum atomic E-state index is 11.7. The van der Waals surface area contributed by atoms with Gasteiger partial charge in [-0.1, -0.05) is 57.9 Å². The van der Waals surface area contributed by atoms with Crippen molar-refractivity contribution in [3.8, 4) is 0 Å². The molecule has 0 rings (SSSR count). The van der Waals surface area contributed by atoms with Gasteiger partial charge in [0.2, 0.25) is 0 Å². The third-order valence-electron chi connectivity index (χ3n) is 6.03. The number of allylic oxidation sites excluding steroid dienone is 1. The molecule has 3 unspecified atom stereocenters. The Hall–Kier alpha value is -1.89. The first-order valence-corrected chi connectivity index (χ1v) is 10.8. The Morgan fingerprint density at radius 3 is 1.66 bits per heavy atom. The molecule has 168 valence electrons. The number of carboxylic acids is 3. The Kier molecular flexibility index (Phi) is 13.2. The third-order valence-corrected chi connectivity index (χ3v) is 6.03. The molecule has 0 amide bonds. The molecule has 3 atom stereocenters. The van der Waals surface area contributed by atoms with E-state index in [1.165, 1.54) is 59.3 Å². The van der Waals surface area contributed by atoms with E-state index >= 15 is 0 Å². The summed E-state index contributed by atoms with van der Waals surface area (Å²) in [5.41, 5.74) is 0. The zero-order valence-corrected chi connectivity index (χ0v) is 18.4. The van der Waals surface area contributed by atoms with Crippen molar-refractivity contribution in [2.75, 3.05) is 6.54 Å². The molecule has 7 heteroatoms. The van der Waals surface area contributed by atoms with E-state index in [2.05, 4.69) is 6.92 Å². The average molecular weight is 414 g/mol. The van der Waals surface area contributed by atoms with Crippen molar-refractivity contribution >= 4 is 17.9 Å². The molecule has 0 aromatic carbocycles. The van der Waals surface area contributed by atoms with Crippen molar-refractivity contribution in [2.24, 2.45) is 0 Å². The highest BCUT2D eigenvalue weighted by Crippen LogP contribution is 2.26.